The van der Waals surface area contributed by atoms with Gasteiger partial charge in [-0.1, -0.05) is 11.6 Å². The minimum atomic E-state index is -3.10. The second kappa shape index (κ2) is 12.0. The highest BCUT2D eigenvalue weighted by atomic mass is 127. The fourth-order valence-corrected chi connectivity index (χ4v) is 4.13. The molecule has 0 bridgehead atoms. The first-order valence-electron chi connectivity index (χ1n) is 9.21. The van der Waals surface area contributed by atoms with Crippen LogP contribution in [0.3, 0.4) is 0 Å². The summed E-state index contributed by atoms with van der Waals surface area (Å²) in [7, 11) is -1.38. The number of piperidine rings is 1. The predicted octanol–water partition coefficient (Wildman–Crippen LogP) is 2.70. The van der Waals surface area contributed by atoms with E-state index >= 15 is 0 Å². The third-order valence-electron chi connectivity index (χ3n) is 4.48. The standard InChI is InChI=1S/C18H29ClN4O3S.HI/c1-4-27(24,25)23-11-9-16(10-12-23)22-18(20-3)21-13-14(2)26-17-7-5-15(19)6-8-17;/h5-8,14,16H,4,9-13H2,1-3H3,(H2,20,21,22);1H. The first-order chi connectivity index (χ1) is 12.8. The van der Waals surface area contributed by atoms with E-state index in [9.17, 15) is 8.42 Å². The van der Waals surface area contributed by atoms with Crippen LogP contribution in [0.5, 0.6) is 5.75 Å². The Kier molecular flexibility index (Phi) is 10.9. The van der Waals surface area contributed by atoms with Crippen LogP contribution in [0, 0.1) is 0 Å². The van der Waals surface area contributed by atoms with Crippen LogP contribution in [0.1, 0.15) is 26.7 Å². The van der Waals surface area contributed by atoms with Crippen LogP contribution in [0.4, 0.5) is 0 Å². The molecule has 0 amide bonds. The van der Waals surface area contributed by atoms with Crippen molar-refractivity contribution in [2.75, 3.05) is 32.4 Å². The maximum atomic E-state index is 11.9. The molecule has 1 heterocycles. The number of nitrogens with zero attached hydrogens (tertiary/aromatic N) is 2. The average Bonchev–Trinajstić information content (AvgIpc) is 2.67. The molecule has 1 aliphatic heterocycles. The van der Waals surface area contributed by atoms with Crippen LogP contribution < -0.4 is 15.4 Å². The molecule has 0 aromatic heterocycles. The minimum Gasteiger partial charge on any atom is -0.489 e. The van der Waals surface area contributed by atoms with E-state index in [0.717, 1.165) is 18.6 Å². The third kappa shape index (κ3) is 7.92. The van der Waals surface area contributed by atoms with E-state index in [1.807, 2.05) is 19.1 Å². The highest BCUT2D eigenvalue weighted by molar-refractivity contribution is 14.0. The van der Waals surface area contributed by atoms with Gasteiger partial charge in [0, 0.05) is 31.2 Å². The van der Waals surface area contributed by atoms with Gasteiger partial charge in [-0.15, -0.1) is 24.0 Å². The van der Waals surface area contributed by atoms with Crippen molar-refractivity contribution in [2.45, 2.75) is 38.8 Å². The molecule has 0 spiro atoms. The lowest BCUT2D eigenvalue weighted by Crippen LogP contribution is -2.51. The highest BCUT2D eigenvalue weighted by Crippen LogP contribution is 2.17. The van der Waals surface area contributed by atoms with E-state index in [1.54, 1.807) is 30.4 Å². The zero-order valence-corrected chi connectivity index (χ0v) is 20.4. The van der Waals surface area contributed by atoms with Crippen LogP contribution in [0.2, 0.25) is 5.02 Å². The summed E-state index contributed by atoms with van der Waals surface area (Å²) < 4.78 is 31.3. The molecule has 10 heteroatoms. The number of hydrogen-bond acceptors (Lipinski definition) is 4. The van der Waals surface area contributed by atoms with Gasteiger partial charge in [0.2, 0.25) is 10.0 Å². The Bertz CT molecular complexity index is 723. The normalized spacial score (nSPS) is 17.5. The topological polar surface area (TPSA) is 83.0 Å². The van der Waals surface area contributed by atoms with Gasteiger partial charge < -0.3 is 15.4 Å². The van der Waals surface area contributed by atoms with Crippen molar-refractivity contribution < 1.29 is 13.2 Å². The fourth-order valence-electron chi connectivity index (χ4n) is 2.88. The molecule has 1 aliphatic rings. The number of rotatable bonds is 7. The lowest BCUT2D eigenvalue weighted by atomic mass is 10.1. The number of sulfonamides is 1. The second-order valence-electron chi connectivity index (χ2n) is 6.55. The van der Waals surface area contributed by atoms with Crippen molar-refractivity contribution in [1.82, 2.24) is 14.9 Å². The molecule has 28 heavy (non-hydrogen) atoms. The van der Waals surface area contributed by atoms with E-state index < -0.39 is 10.0 Å². The lowest BCUT2D eigenvalue weighted by Gasteiger charge is -2.32. The van der Waals surface area contributed by atoms with E-state index in [2.05, 4.69) is 15.6 Å². The number of guanidine groups is 1. The Morgan fingerprint density at radius 1 is 1.32 bits per heavy atom. The van der Waals surface area contributed by atoms with Gasteiger partial charge in [-0.2, -0.15) is 0 Å². The molecule has 7 nitrogen and oxygen atoms in total. The Morgan fingerprint density at radius 3 is 2.46 bits per heavy atom. The zero-order valence-electron chi connectivity index (χ0n) is 16.5. The monoisotopic (exact) mass is 544 g/mol. The summed E-state index contributed by atoms with van der Waals surface area (Å²) in [6.07, 6.45) is 1.47. The van der Waals surface area contributed by atoms with Gasteiger partial charge in [-0.05, 0) is 51.0 Å². The lowest BCUT2D eigenvalue weighted by molar-refractivity contribution is 0.223. The summed E-state index contributed by atoms with van der Waals surface area (Å²) in [5.41, 5.74) is 0. The predicted molar refractivity (Wildman–Crippen MR) is 126 cm³/mol. The summed E-state index contributed by atoms with van der Waals surface area (Å²) in [5, 5.41) is 7.30. The van der Waals surface area contributed by atoms with Gasteiger partial charge in [-0.3, -0.25) is 4.99 Å². The first kappa shape index (κ1) is 25.3. The van der Waals surface area contributed by atoms with Crippen molar-refractivity contribution in [3.8, 4) is 5.75 Å². The Balaban J connectivity index is 0.00000392. The van der Waals surface area contributed by atoms with Gasteiger partial charge >= 0.3 is 0 Å². The molecule has 0 aliphatic carbocycles. The summed E-state index contributed by atoms with van der Waals surface area (Å²) in [6, 6.07) is 7.46. The SMILES string of the molecule is CCS(=O)(=O)N1CCC(NC(=NC)NCC(C)Oc2ccc(Cl)cc2)CC1.I. The largest absolute Gasteiger partial charge is 0.489 e. The number of nitrogens with one attached hydrogen (secondary N) is 2. The summed E-state index contributed by atoms with van der Waals surface area (Å²) in [4.78, 5) is 4.25. The molecule has 2 rings (SSSR count). The maximum Gasteiger partial charge on any atom is 0.213 e. The highest BCUT2D eigenvalue weighted by Gasteiger charge is 2.27. The Hall–Kier alpha value is -0.780. The van der Waals surface area contributed by atoms with Gasteiger partial charge in [0.1, 0.15) is 11.9 Å². The van der Waals surface area contributed by atoms with Crippen LogP contribution >= 0.6 is 35.6 Å². The molecule has 160 valence electrons. The molecule has 1 saturated heterocycles. The van der Waals surface area contributed by atoms with Crippen LogP contribution in [0.25, 0.3) is 0 Å². The second-order valence-corrected chi connectivity index (χ2v) is 9.25. The number of benzene rings is 1. The molecule has 1 atom stereocenters. The van der Waals surface area contributed by atoms with E-state index in [1.165, 1.54) is 0 Å². The fraction of sp³-hybridized carbons (Fsp3) is 0.611. The molecular weight excluding hydrogens is 515 g/mol. The first-order valence-corrected chi connectivity index (χ1v) is 11.2. The molecule has 1 unspecified atom stereocenters. The third-order valence-corrected chi connectivity index (χ3v) is 6.62. The average molecular weight is 545 g/mol. The van der Waals surface area contributed by atoms with E-state index in [-0.39, 0.29) is 41.9 Å². The van der Waals surface area contributed by atoms with Crippen molar-refractivity contribution in [2.24, 2.45) is 4.99 Å². The molecule has 1 aromatic rings. The number of ether oxygens (including phenoxy) is 1. The molecular formula is C18H30ClIN4O3S. The van der Waals surface area contributed by atoms with Crippen LogP contribution in [-0.2, 0) is 10.0 Å². The van der Waals surface area contributed by atoms with Crippen molar-refractivity contribution >= 4 is 51.6 Å². The molecule has 0 saturated carbocycles. The summed E-state index contributed by atoms with van der Waals surface area (Å²) >= 11 is 5.88. The molecule has 2 N–H and O–H groups in total. The van der Waals surface area contributed by atoms with Gasteiger partial charge in [0.25, 0.3) is 0 Å². The summed E-state index contributed by atoms with van der Waals surface area (Å²) in [6.45, 7) is 5.33. The maximum absolute atomic E-state index is 11.9. The minimum absolute atomic E-state index is 0. The van der Waals surface area contributed by atoms with Gasteiger partial charge in [0.15, 0.2) is 5.96 Å². The van der Waals surface area contributed by atoms with Crippen molar-refractivity contribution in [3.05, 3.63) is 29.3 Å². The molecule has 1 aromatic carbocycles. The quantitative estimate of drug-likeness (QED) is 0.313. The van der Waals surface area contributed by atoms with Crippen LogP contribution in [-0.4, -0.2) is 63.3 Å². The van der Waals surface area contributed by atoms with E-state index in [4.69, 9.17) is 16.3 Å². The summed E-state index contributed by atoms with van der Waals surface area (Å²) in [5.74, 6) is 1.61. The van der Waals surface area contributed by atoms with Crippen molar-refractivity contribution in [3.63, 3.8) is 0 Å². The van der Waals surface area contributed by atoms with E-state index in [0.29, 0.717) is 30.6 Å². The van der Waals surface area contributed by atoms with Crippen molar-refractivity contribution in [1.29, 1.82) is 0 Å². The smallest absolute Gasteiger partial charge is 0.213 e. The van der Waals surface area contributed by atoms with Gasteiger partial charge in [0.05, 0.1) is 12.3 Å². The Morgan fingerprint density at radius 2 is 1.93 bits per heavy atom. The number of hydrogen-bond donors (Lipinski definition) is 2. The number of aliphatic imine (C=N–C) groups is 1. The zero-order chi connectivity index (χ0) is 19.9. The Labute approximate surface area is 190 Å². The molecule has 0 radical (unpaired) electrons. The molecule has 1 fully saturated rings. The number of halogens is 2. The van der Waals surface area contributed by atoms with Gasteiger partial charge in [-0.25, -0.2) is 12.7 Å². The van der Waals surface area contributed by atoms with Crippen LogP contribution in [0.15, 0.2) is 29.3 Å².